The Balaban J connectivity index is 1.38. The molecule has 1 saturated carbocycles. The van der Waals surface area contributed by atoms with Crippen molar-refractivity contribution >= 4 is 11.9 Å². The molecule has 1 aromatic heterocycles. The molecule has 0 atom stereocenters. The van der Waals surface area contributed by atoms with Gasteiger partial charge in [-0.15, -0.1) is 0 Å². The van der Waals surface area contributed by atoms with Crippen molar-refractivity contribution < 1.29 is 14.1 Å². The van der Waals surface area contributed by atoms with E-state index in [0.29, 0.717) is 13.0 Å². The first-order chi connectivity index (χ1) is 13.7. The summed E-state index contributed by atoms with van der Waals surface area (Å²) in [6.07, 6.45) is 7.36. The first-order valence-corrected chi connectivity index (χ1v) is 10.6. The first-order valence-electron chi connectivity index (χ1n) is 10.6. The van der Waals surface area contributed by atoms with Gasteiger partial charge in [-0.1, -0.05) is 5.16 Å². The van der Waals surface area contributed by atoms with E-state index < -0.39 is 0 Å². The monoisotopic (exact) mass is 391 g/mol. The van der Waals surface area contributed by atoms with Gasteiger partial charge >= 0.3 is 5.97 Å². The van der Waals surface area contributed by atoms with Crippen LogP contribution in [0.3, 0.4) is 0 Å². The summed E-state index contributed by atoms with van der Waals surface area (Å²) in [5.74, 6) is 0.862. The Morgan fingerprint density at radius 2 is 2.11 bits per heavy atom. The van der Waals surface area contributed by atoms with Gasteiger partial charge in [0.05, 0.1) is 5.69 Å². The summed E-state index contributed by atoms with van der Waals surface area (Å²) in [5, 5.41) is 7.36. The molecular weight excluding hydrogens is 358 g/mol. The maximum atomic E-state index is 11.9. The normalized spacial score (nSPS) is 19.2. The molecule has 2 aliphatic rings. The summed E-state index contributed by atoms with van der Waals surface area (Å²) >= 11 is 0. The summed E-state index contributed by atoms with van der Waals surface area (Å²) in [5.41, 5.74) is 0.971. The van der Waals surface area contributed by atoms with E-state index in [1.807, 2.05) is 6.07 Å². The van der Waals surface area contributed by atoms with Crippen LogP contribution in [0.5, 0.6) is 0 Å². The maximum Gasteiger partial charge on any atom is 0.306 e. The molecule has 1 aliphatic carbocycles. The molecule has 1 N–H and O–H groups in total. The van der Waals surface area contributed by atoms with E-state index >= 15 is 0 Å². The van der Waals surface area contributed by atoms with Crippen LogP contribution in [-0.2, 0) is 16.1 Å². The molecule has 8 heteroatoms. The summed E-state index contributed by atoms with van der Waals surface area (Å²) < 4.78 is 10.4. The Morgan fingerprint density at radius 3 is 2.79 bits per heavy atom. The van der Waals surface area contributed by atoms with Crippen molar-refractivity contribution in [3.63, 3.8) is 0 Å². The minimum absolute atomic E-state index is 0.0754. The summed E-state index contributed by atoms with van der Waals surface area (Å²) in [6.45, 7) is 8.15. The van der Waals surface area contributed by atoms with Gasteiger partial charge in [0.15, 0.2) is 5.96 Å². The second-order valence-electron chi connectivity index (χ2n) is 7.49. The van der Waals surface area contributed by atoms with Crippen LogP contribution in [-0.4, -0.2) is 72.3 Å². The van der Waals surface area contributed by atoms with E-state index in [2.05, 4.69) is 27.2 Å². The van der Waals surface area contributed by atoms with Gasteiger partial charge in [0.25, 0.3) is 0 Å². The third kappa shape index (κ3) is 6.51. The fraction of sp³-hybridized carbons (Fsp3) is 0.750. The van der Waals surface area contributed by atoms with Crippen molar-refractivity contribution in [1.29, 1.82) is 0 Å². The highest BCUT2D eigenvalue weighted by Gasteiger charge is 2.21. The van der Waals surface area contributed by atoms with Crippen molar-refractivity contribution in [3.05, 3.63) is 18.0 Å². The van der Waals surface area contributed by atoms with Crippen molar-refractivity contribution in [3.8, 4) is 0 Å². The van der Waals surface area contributed by atoms with E-state index in [4.69, 9.17) is 14.3 Å². The lowest BCUT2D eigenvalue weighted by Crippen LogP contribution is -2.52. The largest absolute Gasteiger partial charge is 0.462 e. The van der Waals surface area contributed by atoms with Crippen LogP contribution >= 0.6 is 0 Å². The third-order valence-corrected chi connectivity index (χ3v) is 5.28. The molecule has 0 bridgehead atoms. The Bertz CT molecular complexity index is 605. The molecule has 1 saturated heterocycles. The second-order valence-corrected chi connectivity index (χ2v) is 7.49. The third-order valence-electron chi connectivity index (χ3n) is 5.28. The van der Waals surface area contributed by atoms with E-state index in [1.54, 1.807) is 6.26 Å². The predicted octanol–water partition coefficient (Wildman–Crippen LogP) is 2.02. The zero-order valence-corrected chi connectivity index (χ0v) is 16.9. The van der Waals surface area contributed by atoms with E-state index in [-0.39, 0.29) is 12.1 Å². The van der Waals surface area contributed by atoms with Crippen LogP contribution in [0.1, 0.15) is 51.1 Å². The Hall–Kier alpha value is -2.09. The number of carbonyl (C=O) groups is 1. The highest BCUT2D eigenvalue weighted by Crippen LogP contribution is 2.21. The molecule has 2 fully saturated rings. The molecule has 28 heavy (non-hydrogen) atoms. The fourth-order valence-electron chi connectivity index (χ4n) is 3.75. The highest BCUT2D eigenvalue weighted by molar-refractivity contribution is 5.80. The van der Waals surface area contributed by atoms with Gasteiger partial charge in [0.2, 0.25) is 0 Å². The van der Waals surface area contributed by atoms with Gasteiger partial charge in [-0.25, -0.2) is 0 Å². The number of carbonyl (C=O) groups excluding carboxylic acids is 1. The van der Waals surface area contributed by atoms with Gasteiger partial charge in [-0.05, 0) is 39.0 Å². The molecule has 156 valence electrons. The van der Waals surface area contributed by atoms with Crippen LogP contribution in [0, 0.1) is 0 Å². The Labute approximate surface area is 167 Å². The molecule has 0 radical (unpaired) electrons. The molecule has 8 nitrogen and oxygen atoms in total. The minimum Gasteiger partial charge on any atom is -0.462 e. The topological polar surface area (TPSA) is 83.2 Å². The molecule has 1 aliphatic heterocycles. The summed E-state index contributed by atoms with van der Waals surface area (Å²) in [6, 6.07) is 1.91. The predicted molar refractivity (Wildman–Crippen MR) is 107 cm³/mol. The van der Waals surface area contributed by atoms with Gasteiger partial charge < -0.3 is 19.5 Å². The molecule has 3 rings (SSSR count). The van der Waals surface area contributed by atoms with Crippen molar-refractivity contribution in [1.82, 2.24) is 20.3 Å². The number of nitrogens with one attached hydrogen (secondary N) is 1. The zero-order valence-electron chi connectivity index (χ0n) is 16.9. The molecule has 2 heterocycles. The average molecular weight is 392 g/mol. The lowest BCUT2D eigenvalue weighted by atomic mass is 10.3. The summed E-state index contributed by atoms with van der Waals surface area (Å²) in [4.78, 5) is 21.3. The second kappa shape index (κ2) is 11.0. The molecule has 0 aromatic carbocycles. The molecule has 0 amide bonds. The summed E-state index contributed by atoms with van der Waals surface area (Å²) in [7, 11) is 0. The number of hydrogen-bond donors (Lipinski definition) is 1. The standard InChI is InChI=1S/C20H33N5O3/c1-2-21-20(22-10-5-8-19(26)28-18-6-3-4-7-18)25-13-11-24(12-14-25)16-17-9-15-27-23-17/h9,15,18H,2-8,10-14,16H2,1H3,(H,21,22). The Kier molecular flexibility index (Phi) is 8.14. The molecule has 0 spiro atoms. The minimum atomic E-state index is -0.0754. The smallest absolute Gasteiger partial charge is 0.306 e. The maximum absolute atomic E-state index is 11.9. The van der Waals surface area contributed by atoms with Gasteiger partial charge in [0.1, 0.15) is 12.4 Å². The quantitative estimate of drug-likeness (QED) is 0.314. The van der Waals surface area contributed by atoms with Crippen LogP contribution in [0.15, 0.2) is 21.8 Å². The molecule has 0 unspecified atom stereocenters. The highest BCUT2D eigenvalue weighted by atomic mass is 16.5. The number of hydrogen-bond acceptors (Lipinski definition) is 6. The van der Waals surface area contributed by atoms with Crippen LogP contribution in [0.4, 0.5) is 0 Å². The average Bonchev–Trinajstić information content (AvgIpc) is 3.39. The number of guanidine groups is 1. The van der Waals surface area contributed by atoms with E-state index in [1.165, 1.54) is 12.8 Å². The number of aromatic nitrogens is 1. The number of aliphatic imine (C=N–C) groups is 1. The van der Waals surface area contributed by atoms with Gasteiger partial charge in [-0.3, -0.25) is 14.7 Å². The number of ether oxygens (including phenoxy) is 1. The van der Waals surface area contributed by atoms with Crippen molar-refractivity contribution in [2.24, 2.45) is 4.99 Å². The van der Waals surface area contributed by atoms with Crippen molar-refractivity contribution in [2.75, 3.05) is 39.3 Å². The van der Waals surface area contributed by atoms with Crippen LogP contribution < -0.4 is 5.32 Å². The molecular formula is C20H33N5O3. The number of piperazine rings is 1. The van der Waals surface area contributed by atoms with Crippen LogP contribution in [0.25, 0.3) is 0 Å². The first kappa shape index (κ1) is 20.6. The fourth-order valence-corrected chi connectivity index (χ4v) is 3.75. The van der Waals surface area contributed by atoms with Gasteiger partial charge in [0, 0.05) is 58.3 Å². The Morgan fingerprint density at radius 1 is 1.32 bits per heavy atom. The van der Waals surface area contributed by atoms with Crippen LogP contribution in [0.2, 0.25) is 0 Å². The molecule has 1 aromatic rings. The van der Waals surface area contributed by atoms with E-state index in [0.717, 1.165) is 70.2 Å². The lowest BCUT2D eigenvalue weighted by molar-refractivity contribution is -0.148. The van der Waals surface area contributed by atoms with E-state index in [9.17, 15) is 4.79 Å². The van der Waals surface area contributed by atoms with Gasteiger partial charge in [-0.2, -0.15) is 0 Å². The SMILES string of the molecule is CCNC(=NCCCC(=O)OC1CCCC1)N1CCN(Cc2ccon2)CC1. The number of rotatable bonds is 8. The van der Waals surface area contributed by atoms with Crippen molar-refractivity contribution in [2.45, 2.75) is 58.1 Å². The number of nitrogens with zero attached hydrogens (tertiary/aromatic N) is 4. The zero-order chi connectivity index (χ0) is 19.6. The number of esters is 1. The lowest BCUT2D eigenvalue weighted by Gasteiger charge is -2.36.